The van der Waals surface area contributed by atoms with Gasteiger partial charge in [0, 0.05) is 6.04 Å². The highest BCUT2D eigenvalue weighted by Gasteiger charge is 2.22. The highest BCUT2D eigenvalue weighted by molar-refractivity contribution is 7.89. The fourth-order valence-corrected chi connectivity index (χ4v) is 2.74. The van der Waals surface area contributed by atoms with E-state index in [1.807, 2.05) is 6.92 Å². The maximum absolute atomic E-state index is 13.3. The molecule has 0 aliphatic heterocycles. The van der Waals surface area contributed by atoms with Crippen LogP contribution in [0.15, 0.2) is 23.1 Å². The average molecular weight is 256 g/mol. The van der Waals surface area contributed by atoms with E-state index in [4.69, 9.17) is 5.26 Å². The van der Waals surface area contributed by atoms with Crippen LogP contribution < -0.4 is 4.72 Å². The number of benzene rings is 1. The van der Waals surface area contributed by atoms with Crippen LogP contribution in [0, 0.1) is 17.1 Å². The molecule has 0 radical (unpaired) electrons. The van der Waals surface area contributed by atoms with E-state index in [-0.39, 0.29) is 10.9 Å². The van der Waals surface area contributed by atoms with Crippen molar-refractivity contribution in [2.75, 3.05) is 0 Å². The molecular formula is C11H13FN2O2S. The van der Waals surface area contributed by atoms with E-state index in [0.717, 1.165) is 6.07 Å². The molecule has 0 fully saturated rings. The molecule has 92 valence electrons. The first-order valence-electron chi connectivity index (χ1n) is 5.13. The minimum atomic E-state index is -3.85. The molecule has 0 saturated carbocycles. The zero-order valence-corrected chi connectivity index (χ0v) is 10.4. The molecule has 1 N–H and O–H groups in total. The van der Waals surface area contributed by atoms with Gasteiger partial charge in [-0.1, -0.05) is 13.0 Å². The lowest BCUT2D eigenvalue weighted by Gasteiger charge is -2.12. The number of hydrogen-bond acceptors (Lipinski definition) is 3. The summed E-state index contributed by atoms with van der Waals surface area (Å²) >= 11 is 0. The maximum Gasteiger partial charge on any atom is 0.242 e. The fraction of sp³-hybridized carbons (Fsp3) is 0.364. The van der Waals surface area contributed by atoms with E-state index in [0.29, 0.717) is 6.42 Å². The van der Waals surface area contributed by atoms with Crippen molar-refractivity contribution in [3.63, 3.8) is 0 Å². The van der Waals surface area contributed by atoms with E-state index in [1.54, 1.807) is 13.0 Å². The van der Waals surface area contributed by atoms with Gasteiger partial charge in [-0.25, -0.2) is 17.5 Å². The highest BCUT2D eigenvalue weighted by Crippen LogP contribution is 2.18. The molecule has 1 aromatic carbocycles. The first-order chi connectivity index (χ1) is 7.92. The first kappa shape index (κ1) is 13.6. The van der Waals surface area contributed by atoms with Gasteiger partial charge in [0.25, 0.3) is 0 Å². The van der Waals surface area contributed by atoms with Gasteiger partial charge in [-0.3, -0.25) is 0 Å². The third-order valence-electron chi connectivity index (χ3n) is 2.35. The molecule has 0 bridgehead atoms. The predicted octanol–water partition coefficient (Wildman–Crippen LogP) is 1.77. The largest absolute Gasteiger partial charge is 0.242 e. The Morgan fingerprint density at radius 3 is 2.71 bits per heavy atom. The number of sulfonamides is 1. The molecule has 1 rings (SSSR count). The standard InChI is InChI=1S/C11H13FN2O2S/c1-3-8(2)14-17(15,16)11-6-4-5-10(12)9(11)7-13/h4-6,8,14H,3H2,1-2H3. The summed E-state index contributed by atoms with van der Waals surface area (Å²) in [6, 6.07) is 4.83. The number of nitrogens with zero attached hydrogens (tertiary/aromatic N) is 1. The molecule has 1 unspecified atom stereocenters. The number of hydrogen-bond donors (Lipinski definition) is 1. The first-order valence-corrected chi connectivity index (χ1v) is 6.61. The lowest BCUT2D eigenvalue weighted by atomic mass is 10.2. The fourth-order valence-electron chi connectivity index (χ4n) is 1.25. The molecule has 17 heavy (non-hydrogen) atoms. The van der Waals surface area contributed by atoms with Crippen molar-refractivity contribution in [2.24, 2.45) is 0 Å². The van der Waals surface area contributed by atoms with Crippen molar-refractivity contribution in [2.45, 2.75) is 31.2 Å². The topological polar surface area (TPSA) is 70.0 Å². The van der Waals surface area contributed by atoms with Gasteiger partial charge in [0.05, 0.1) is 0 Å². The van der Waals surface area contributed by atoms with Crippen molar-refractivity contribution in [3.05, 3.63) is 29.6 Å². The van der Waals surface area contributed by atoms with Crippen LogP contribution in [-0.4, -0.2) is 14.5 Å². The zero-order valence-electron chi connectivity index (χ0n) is 9.57. The van der Waals surface area contributed by atoms with Crippen molar-refractivity contribution >= 4 is 10.0 Å². The van der Waals surface area contributed by atoms with E-state index in [1.165, 1.54) is 12.1 Å². The van der Waals surface area contributed by atoms with Gasteiger partial charge < -0.3 is 0 Å². The second-order valence-electron chi connectivity index (χ2n) is 3.66. The van der Waals surface area contributed by atoms with Crippen molar-refractivity contribution < 1.29 is 12.8 Å². The minimum absolute atomic E-state index is 0.269. The van der Waals surface area contributed by atoms with Gasteiger partial charge in [-0.05, 0) is 25.5 Å². The Morgan fingerprint density at radius 1 is 1.53 bits per heavy atom. The van der Waals surface area contributed by atoms with Crippen LogP contribution in [-0.2, 0) is 10.0 Å². The maximum atomic E-state index is 13.3. The SMILES string of the molecule is CCC(C)NS(=O)(=O)c1cccc(F)c1C#N. The predicted molar refractivity (Wildman–Crippen MR) is 61.2 cm³/mol. The number of nitrogens with one attached hydrogen (secondary N) is 1. The summed E-state index contributed by atoms with van der Waals surface area (Å²) in [5.74, 6) is -0.834. The van der Waals surface area contributed by atoms with Crippen LogP contribution in [0.4, 0.5) is 4.39 Å². The molecule has 4 nitrogen and oxygen atoms in total. The second kappa shape index (κ2) is 5.25. The molecule has 0 amide bonds. The third kappa shape index (κ3) is 3.02. The Morgan fingerprint density at radius 2 is 2.18 bits per heavy atom. The van der Waals surface area contributed by atoms with Crippen molar-refractivity contribution in [1.82, 2.24) is 4.72 Å². The summed E-state index contributed by atoms with van der Waals surface area (Å²) < 4.78 is 39.5. The van der Waals surface area contributed by atoms with Gasteiger partial charge in [-0.2, -0.15) is 5.26 Å². The van der Waals surface area contributed by atoms with Crippen molar-refractivity contribution in [1.29, 1.82) is 5.26 Å². The molecule has 0 aromatic heterocycles. The Kier molecular flexibility index (Phi) is 4.21. The zero-order chi connectivity index (χ0) is 13.1. The van der Waals surface area contributed by atoms with Gasteiger partial charge >= 0.3 is 0 Å². The molecule has 0 saturated heterocycles. The molecule has 1 atom stereocenters. The van der Waals surface area contributed by atoms with Crippen LogP contribution >= 0.6 is 0 Å². The molecule has 0 heterocycles. The molecule has 0 aliphatic rings. The normalized spacial score (nSPS) is 13.1. The van der Waals surface area contributed by atoms with E-state index < -0.39 is 21.4 Å². The van der Waals surface area contributed by atoms with Gasteiger partial charge in [0.15, 0.2) is 0 Å². The van der Waals surface area contributed by atoms with Crippen LogP contribution in [0.5, 0.6) is 0 Å². The number of halogens is 1. The van der Waals surface area contributed by atoms with E-state index >= 15 is 0 Å². The summed E-state index contributed by atoms with van der Waals surface area (Å²) in [4.78, 5) is -0.319. The smallest absolute Gasteiger partial charge is 0.208 e. The Hall–Kier alpha value is -1.45. The average Bonchev–Trinajstić information content (AvgIpc) is 2.28. The monoisotopic (exact) mass is 256 g/mol. The second-order valence-corrected chi connectivity index (χ2v) is 5.34. The quantitative estimate of drug-likeness (QED) is 0.892. The van der Waals surface area contributed by atoms with E-state index in [9.17, 15) is 12.8 Å². The molecule has 6 heteroatoms. The highest BCUT2D eigenvalue weighted by atomic mass is 32.2. The summed E-state index contributed by atoms with van der Waals surface area (Å²) in [6.45, 7) is 3.52. The van der Waals surface area contributed by atoms with Crippen LogP contribution in [0.2, 0.25) is 0 Å². The summed E-state index contributed by atoms with van der Waals surface area (Å²) in [5.41, 5.74) is -0.455. The van der Waals surface area contributed by atoms with Crippen LogP contribution in [0.1, 0.15) is 25.8 Å². The summed E-state index contributed by atoms with van der Waals surface area (Å²) in [7, 11) is -3.85. The minimum Gasteiger partial charge on any atom is -0.208 e. The van der Waals surface area contributed by atoms with E-state index in [2.05, 4.69) is 4.72 Å². The summed E-state index contributed by atoms with van der Waals surface area (Å²) in [5, 5.41) is 8.77. The molecule has 0 spiro atoms. The van der Waals surface area contributed by atoms with Gasteiger partial charge in [0.2, 0.25) is 10.0 Å². The van der Waals surface area contributed by atoms with Crippen molar-refractivity contribution in [3.8, 4) is 6.07 Å². The summed E-state index contributed by atoms with van der Waals surface area (Å²) in [6.07, 6.45) is 0.608. The van der Waals surface area contributed by atoms with Gasteiger partial charge in [-0.15, -0.1) is 0 Å². The number of rotatable bonds is 4. The molecule has 0 aliphatic carbocycles. The molecule has 1 aromatic rings. The van der Waals surface area contributed by atoms with Gasteiger partial charge in [0.1, 0.15) is 22.3 Å². The Balaban J connectivity index is 3.26. The molecular weight excluding hydrogens is 243 g/mol. The van der Waals surface area contributed by atoms with Crippen LogP contribution in [0.25, 0.3) is 0 Å². The lowest BCUT2D eigenvalue weighted by Crippen LogP contribution is -2.32. The van der Waals surface area contributed by atoms with Crippen LogP contribution in [0.3, 0.4) is 0 Å². The number of nitriles is 1. The third-order valence-corrected chi connectivity index (χ3v) is 3.98. The lowest BCUT2D eigenvalue weighted by molar-refractivity contribution is 0.553. The Labute approximate surface area is 100 Å². The Bertz CT molecular complexity index is 549.